The van der Waals surface area contributed by atoms with Crippen LogP contribution in [0.25, 0.3) is 0 Å². The number of carboxylic acids is 1. The summed E-state index contributed by atoms with van der Waals surface area (Å²) in [5.41, 5.74) is 0.317. The number of carbonyl (C=O) groups excluding carboxylic acids is 1. The zero-order chi connectivity index (χ0) is 16.0. The Bertz CT molecular complexity index is 517. The number of aliphatic carboxylic acids is 1. The molecular formula is C15H21ClN2O3. The van der Waals surface area contributed by atoms with Crippen LogP contribution in [0, 0.1) is 0 Å². The number of halogens is 1. The molecule has 6 heteroatoms. The number of amides is 2. The molecule has 116 valence electrons. The van der Waals surface area contributed by atoms with E-state index in [0.717, 1.165) is 5.56 Å². The fourth-order valence-corrected chi connectivity index (χ4v) is 2.08. The maximum absolute atomic E-state index is 12.0. The number of hydrogen-bond acceptors (Lipinski definition) is 2. The van der Waals surface area contributed by atoms with Crippen molar-refractivity contribution in [3.8, 4) is 0 Å². The van der Waals surface area contributed by atoms with Gasteiger partial charge in [0.2, 0.25) is 0 Å². The lowest BCUT2D eigenvalue weighted by molar-refractivity contribution is -0.137. The summed E-state index contributed by atoms with van der Waals surface area (Å²) in [6.45, 7) is 5.44. The second-order valence-electron chi connectivity index (χ2n) is 5.65. The van der Waals surface area contributed by atoms with Crippen molar-refractivity contribution in [3.05, 3.63) is 34.9 Å². The summed E-state index contributed by atoms with van der Waals surface area (Å²) in [6, 6.07) is 6.74. The molecule has 0 aliphatic carbocycles. The van der Waals surface area contributed by atoms with Crippen LogP contribution in [0.3, 0.4) is 0 Å². The van der Waals surface area contributed by atoms with Crippen molar-refractivity contribution in [2.45, 2.75) is 45.2 Å². The SMILES string of the molecule is CC(NC(=O)NC(C)(C)CCC(=O)O)c1cccc(Cl)c1. The van der Waals surface area contributed by atoms with E-state index >= 15 is 0 Å². The maximum Gasteiger partial charge on any atom is 0.315 e. The monoisotopic (exact) mass is 312 g/mol. The third-order valence-electron chi connectivity index (χ3n) is 3.11. The molecule has 0 saturated carbocycles. The first-order valence-electron chi connectivity index (χ1n) is 6.75. The van der Waals surface area contributed by atoms with Crippen molar-refractivity contribution >= 4 is 23.6 Å². The Kier molecular flexibility index (Phi) is 6.03. The Morgan fingerprint density at radius 3 is 2.62 bits per heavy atom. The van der Waals surface area contributed by atoms with Gasteiger partial charge >= 0.3 is 12.0 Å². The molecule has 5 nitrogen and oxygen atoms in total. The van der Waals surface area contributed by atoms with Gasteiger partial charge in [0.25, 0.3) is 0 Å². The summed E-state index contributed by atoms with van der Waals surface area (Å²) >= 11 is 5.92. The maximum atomic E-state index is 12.0. The lowest BCUT2D eigenvalue weighted by atomic mass is 9.99. The number of carbonyl (C=O) groups is 2. The summed E-state index contributed by atoms with van der Waals surface area (Å²) in [6.07, 6.45) is 0.373. The van der Waals surface area contributed by atoms with Crippen LogP contribution in [0.5, 0.6) is 0 Å². The summed E-state index contributed by atoms with van der Waals surface area (Å²) in [5, 5.41) is 14.9. The van der Waals surface area contributed by atoms with Crippen molar-refractivity contribution in [1.29, 1.82) is 0 Å². The van der Waals surface area contributed by atoms with Crippen molar-refractivity contribution in [3.63, 3.8) is 0 Å². The molecule has 1 rings (SSSR count). The first-order chi connectivity index (χ1) is 9.69. The Morgan fingerprint density at radius 1 is 1.38 bits per heavy atom. The number of rotatable bonds is 6. The van der Waals surface area contributed by atoms with Gasteiger partial charge in [-0.1, -0.05) is 23.7 Å². The Morgan fingerprint density at radius 2 is 2.05 bits per heavy atom. The largest absolute Gasteiger partial charge is 0.481 e. The second-order valence-corrected chi connectivity index (χ2v) is 6.09. The predicted molar refractivity (Wildman–Crippen MR) is 82.5 cm³/mol. The normalized spacial score (nSPS) is 12.6. The van der Waals surface area contributed by atoms with Crippen LogP contribution in [0.4, 0.5) is 4.79 Å². The molecule has 1 aromatic carbocycles. The molecule has 21 heavy (non-hydrogen) atoms. The molecule has 1 unspecified atom stereocenters. The van der Waals surface area contributed by atoms with Gasteiger partial charge in [0.05, 0.1) is 6.04 Å². The van der Waals surface area contributed by atoms with Crippen LogP contribution < -0.4 is 10.6 Å². The van der Waals surface area contributed by atoms with Gasteiger partial charge in [-0.05, 0) is 44.9 Å². The van der Waals surface area contributed by atoms with E-state index in [-0.39, 0.29) is 18.5 Å². The van der Waals surface area contributed by atoms with E-state index < -0.39 is 11.5 Å². The smallest absolute Gasteiger partial charge is 0.315 e. The van der Waals surface area contributed by atoms with Crippen LogP contribution >= 0.6 is 11.6 Å². The highest BCUT2D eigenvalue weighted by Crippen LogP contribution is 2.17. The quantitative estimate of drug-likeness (QED) is 0.753. The minimum absolute atomic E-state index is 0.0110. The summed E-state index contributed by atoms with van der Waals surface area (Å²) < 4.78 is 0. The number of carboxylic acid groups (broad SMARTS) is 1. The summed E-state index contributed by atoms with van der Waals surface area (Å²) in [5.74, 6) is -0.877. The average molecular weight is 313 g/mol. The second kappa shape index (κ2) is 7.31. The van der Waals surface area contributed by atoms with Crippen molar-refractivity contribution in [2.24, 2.45) is 0 Å². The van der Waals surface area contributed by atoms with Gasteiger partial charge in [-0.25, -0.2) is 4.79 Å². The lowest BCUT2D eigenvalue weighted by Crippen LogP contribution is -2.49. The van der Waals surface area contributed by atoms with Crippen LogP contribution in [-0.4, -0.2) is 22.6 Å². The lowest BCUT2D eigenvalue weighted by Gasteiger charge is -2.27. The molecule has 3 N–H and O–H groups in total. The van der Waals surface area contributed by atoms with Crippen LogP contribution in [0.15, 0.2) is 24.3 Å². The standard InChI is InChI=1S/C15H21ClN2O3/c1-10(11-5-4-6-12(16)9-11)17-14(21)18-15(2,3)8-7-13(19)20/h4-6,9-10H,7-8H2,1-3H3,(H,19,20)(H2,17,18,21). The van der Waals surface area contributed by atoms with Gasteiger partial charge in [-0.2, -0.15) is 0 Å². The first kappa shape index (κ1) is 17.3. The van der Waals surface area contributed by atoms with Gasteiger partial charge in [0, 0.05) is 17.0 Å². The molecule has 0 bridgehead atoms. The summed E-state index contributed by atoms with van der Waals surface area (Å²) in [4.78, 5) is 22.6. The number of benzene rings is 1. The van der Waals surface area contributed by atoms with E-state index in [4.69, 9.17) is 16.7 Å². The molecule has 0 fully saturated rings. The molecule has 0 spiro atoms. The van der Waals surface area contributed by atoms with Crippen molar-refractivity contribution in [1.82, 2.24) is 10.6 Å². The average Bonchev–Trinajstić information content (AvgIpc) is 2.35. The number of urea groups is 1. The van der Waals surface area contributed by atoms with E-state index in [1.807, 2.05) is 19.1 Å². The van der Waals surface area contributed by atoms with Gasteiger partial charge in [-0.3, -0.25) is 4.79 Å². The highest BCUT2D eigenvalue weighted by atomic mass is 35.5. The molecule has 0 aromatic heterocycles. The summed E-state index contributed by atoms with van der Waals surface area (Å²) in [7, 11) is 0. The first-order valence-corrected chi connectivity index (χ1v) is 7.13. The third kappa shape index (κ3) is 6.49. The van der Waals surface area contributed by atoms with Crippen LogP contribution in [-0.2, 0) is 4.79 Å². The number of nitrogens with one attached hydrogen (secondary N) is 2. The molecule has 1 atom stereocenters. The van der Waals surface area contributed by atoms with Crippen LogP contribution in [0.2, 0.25) is 5.02 Å². The van der Waals surface area contributed by atoms with E-state index in [9.17, 15) is 9.59 Å². The number of hydrogen-bond donors (Lipinski definition) is 3. The van der Waals surface area contributed by atoms with Crippen molar-refractivity contribution in [2.75, 3.05) is 0 Å². The van der Waals surface area contributed by atoms with Crippen LogP contribution in [0.1, 0.15) is 45.2 Å². The predicted octanol–water partition coefficient (Wildman–Crippen LogP) is 3.34. The Labute approximate surface area is 129 Å². The Balaban J connectivity index is 2.54. The highest BCUT2D eigenvalue weighted by molar-refractivity contribution is 6.30. The fraction of sp³-hybridized carbons (Fsp3) is 0.467. The molecule has 1 aromatic rings. The third-order valence-corrected chi connectivity index (χ3v) is 3.35. The zero-order valence-corrected chi connectivity index (χ0v) is 13.2. The van der Waals surface area contributed by atoms with E-state index in [1.54, 1.807) is 26.0 Å². The van der Waals surface area contributed by atoms with Gasteiger partial charge in [-0.15, -0.1) is 0 Å². The van der Waals surface area contributed by atoms with E-state index in [0.29, 0.717) is 11.4 Å². The molecule has 0 aliphatic heterocycles. The topological polar surface area (TPSA) is 78.4 Å². The Hall–Kier alpha value is -1.75. The molecule has 0 aliphatic rings. The molecular weight excluding hydrogens is 292 g/mol. The molecule has 0 radical (unpaired) electrons. The fourth-order valence-electron chi connectivity index (χ4n) is 1.88. The molecule has 0 saturated heterocycles. The van der Waals surface area contributed by atoms with Crippen molar-refractivity contribution < 1.29 is 14.7 Å². The minimum atomic E-state index is -0.877. The minimum Gasteiger partial charge on any atom is -0.481 e. The van der Waals surface area contributed by atoms with E-state index in [1.165, 1.54) is 0 Å². The van der Waals surface area contributed by atoms with Gasteiger partial charge < -0.3 is 15.7 Å². The van der Waals surface area contributed by atoms with E-state index in [2.05, 4.69) is 10.6 Å². The van der Waals surface area contributed by atoms with Gasteiger partial charge in [0.1, 0.15) is 0 Å². The highest BCUT2D eigenvalue weighted by Gasteiger charge is 2.22. The van der Waals surface area contributed by atoms with Gasteiger partial charge in [0.15, 0.2) is 0 Å². The molecule has 0 heterocycles. The molecule has 2 amide bonds. The zero-order valence-electron chi connectivity index (χ0n) is 12.4.